The highest BCUT2D eigenvalue weighted by atomic mass is 32.2. The zero-order valence-corrected chi connectivity index (χ0v) is 15.0. The van der Waals surface area contributed by atoms with Gasteiger partial charge in [0.2, 0.25) is 0 Å². The summed E-state index contributed by atoms with van der Waals surface area (Å²) in [5.74, 6) is 0. The van der Waals surface area contributed by atoms with Gasteiger partial charge in [-0.15, -0.1) is 0 Å². The van der Waals surface area contributed by atoms with Crippen LogP contribution in [0.25, 0.3) is 0 Å². The van der Waals surface area contributed by atoms with Gasteiger partial charge in [0.1, 0.15) is 0 Å². The molecule has 1 saturated heterocycles. The summed E-state index contributed by atoms with van der Waals surface area (Å²) in [6, 6.07) is 11.8. The molecule has 7 heteroatoms. The first-order valence-electron chi connectivity index (χ1n) is 8.67. The second-order valence-corrected chi connectivity index (χ2v) is 7.73. The molecule has 2 heterocycles. The number of anilines is 1. The van der Waals surface area contributed by atoms with Gasteiger partial charge in [0.05, 0.1) is 5.56 Å². The normalized spacial score (nSPS) is 18.2. The molecule has 1 N–H and O–H groups in total. The van der Waals surface area contributed by atoms with Gasteiger partial charge in [-0.25, -0.2) is 4.31 Å². The molecule has 0 aromatic heterocycles. The van der Waals surface area contributed by atoms with Gasteiger partial charge in [-0.3, -0.25) is 0 Å². The van der Waals surface area contributed by atoms with Crippen molar-refractivity contribution in [1.29, 1.82) is 0 Å². The quantitative estimate of drug-likeness (QED) is 0.808. The van der Waals surface area contributed by atoms with Gasteiger partial charge < -0.3 is 10.2 Å². The van der Waals surface area contributed by atoms with Gasteiger partial charge in [-0.2, -0.15) is 13.2 Å². The largest absolute Gasteiger partial charge is 0.416 e. The van der Waals surface area contributed by atoms with Crippen molar-refractivity contribution in [2.75, 3.05) is 31.1 Å². The van der Waals surface area contributed by atoms with Crippen molar-refractivity contribution in [1.82, 2.24) is 9.62 Å². The first-order chi connectivity index (χ1) is 12.5. The molecule has 0 aliphatic carbocycles. The van der Waals surface area contributed by atoms with Crippen LogP contribution in [0.15, 0.2) is 47.4 Å². The van der Waals surface area contributed by atoms with E-state index in [0.717, 1.165) is 56.3 Å². The lowest BCUT2D eigenvalue weighted by Gasteiger charge is -2.31. The molecule has 3 nitrogen and oxygen atoms in total. The zero-order chi connectivity index (χ0) is 18.1. The van der Waals surface area contributed by atoms with Crippen LogP contribution in [0.4, 0.5) is 18.9 Å². The third-order valence-electron chi connectivity index (χ3n) is 4.80. The second-order valence-electron chi connectivity index (χ2n) is 6.56. The van der Waals surface area contributed by atoms with Gasteiger partial charge in [0.15, 0.2) is 0 Å². The molecule has 2 aromatic carbocycles. The number of piperazine rings is 1. The molecular formula is C19H20F3N3S. The Balaban J connectivity index is 1.47. The smallest absolute Gasteiger partial charge is 0.369 e. The number of nitrogens with zero attached hydrogens (tertiary/aromatic N) is 2. The van der Waals surface area contributed by atoms with E-state index in [9.17, 15) is 13.2 Å². The summed E-state index contributed by atoms with van der Waals surface area (Å²) < 4.78 is 40.3. The average molecular weight is 379 g/mol. The van der Waals surface area contributed by atoms with E-state index in [4.69, 9.17) is 0 Å². The van der Waals surface area contributed by atoms with Gasteiger partial charge >= 0.3 is 6.18 Å². The van der Waals surface area contributed by atoms with Gasteiger partial charge in [-0.1, -0.05) is 12.1 Å². The maximum atomic E-state index is 12.7. The summed E-state index contributed by atoms with van der Waals surface area (Å²) in [6.07, 6.45) is -4.29. The third kappa shape index (κ3) is 3.70. The first kappa shape index (κ1) is 17.7. The molecule has 4 rings (SSSR count). The Morgan fingerprint density at radius 2 is 1.65 bits per heavy atom. The van der Waals surface area contributed by atoms with Crippen LogP contribution >= 0.6 is 11.9 Å². The fourth-order valence-corrected chi connectivity index (χ4v) is 4.45. The van der Waals surface area contributed by atoms with Crippen LogP contribution in [-0.4, -0.2) is 30.5 Å². The number of nitrogens with one attached hydrogen (secondary N) is 1. The molecule has 0 radical (unpaired) electrons. The van der Waals surface area contributed by atoms with Crippen molar-refractivity contribution in [3.8, 4) is 0 Å². The number of fused-ring (bicyclic) bond motifs is 1. The van der Waals surface area contributed by atoms with Crippen molar-refractivity contribution >= 4 is 17.6 Å². The van der Waals surface area contributed by atoms with E-state index in [1.54, 1.807) is 12.1 Å². The molecule has 0 saturated carbocycles. The summed E-state index contributed by atoms with van der Waals surface area (Å²) >= 11 is 1.52. The van der Waals surface area contributed by atoms with Crippen LogP contribution in [0, 0.1) is 0 Å². The van der Waals surface area contributed by atoms with Crippen LogP contribution in [0.3, 0.4) is 0 Å². The van der Waals surface area contributed by atoms with E-state index < -0.39 is 11.7 Å². The lowest BCUT2D eigenvalue weighted by Crippen LogP contribution is -2.43. The van der Waals surface area contributed by atoms with E-state index >= 15 is 0 Å². The number of alkyl halides is 3. The molecule has 2 aliphatic rings. The van der Waals surface area contributed by atoms with E-state index in [-0.39, 0.29) is 0 Å². The van der Waals surface area contributed by atoms with Crippen LogP contribution < -0.4 is 10.2 Å². The van der Waals surface area contributed by atoms with E-state index in [0.29, 0.717) is 0 Å². The number of hydrogen-bond donors (Lipinski definition) is 1. The standard InChI is InChI=1S/C19H20F3N3S/c20-19(21,22)15-4-6-16(7-5-15)26-25-12-14-2-1-3-18(17(14)13-25)24-10-8-23-9-11-24/h1-7,23H,8-13H2. The van der Waals surface area contributed by atoms with E-state index in [1.165, 1.54) is 28.8 Å². The Hall–Kier alpha value is -1.70. The number of hydrogen-bond acceptors (Lipinski definition) is 4. The van der Waals surface area contributed by atoms with Crippen molar-refractivity contribution in [2.24, 2.45) is 0 Å². The fraction of sp³-hybridized carbons (Fsp3) is 0.368. The summed E-state index contributed by atoms with van der Waals surface area (Å²) in [4.78, 5) is 3.25. The molecule has 0 bridgehead atoms. The molecule has 26 heavy (non-hydrogen) atoms. The fourth-order valence-electron chi connectivity index (χ4n) is 3.49. The predicted molar refractivity (Wildman–Crippen MR) is 98.1 cm³/mol. The van der Waals surface area contributed by atoms with E-state index in [1.807, 2.05) is 0 Å². The van der Waals surface area contributed by atoms with Crippen LogP contribution in [0.1, 0.15) is 16.7 Å². The lowest BCUT2D eigenvalue weighted by molar-refractivity contribution is -0.137. The van der Waals surface area contributed by atoms with Crippen molar-refractivity contribution in [3.05, 3.63) is 59.2 Å². The summed E-state index contributed by atoms with van der Waals surface area (Å²) in [7, 11) is 0. The number of halogens is 3. The topological polar surface area (TPSA) is 18.5 Å². The third-order valence-corrected chi connectivity index (χ3v) is 5.80. The molecule has 2 aliphatic heterocycles. The Morgan fingerprint density at radius 3 is 2.35 bits per heavy atom. The molecule has 2 aromatic rings. The first-order valence-corrected chi connectivity index (χ1v) is 9.45. The highest BCUT2D eigenvalue weighted by Gasteiger charge is 2.30. The summed E-state index contributed by atoms with van der Waals surface area (Å²) in [6.45, 7) is 5.61. The summed E-state index contributed by atoms with van der Waals surface area (Å²) in [5, 5.41) is 3.37. The Kier molecular flexibility index (Phi) is 4.86. The van der Waals surface area contributed by atoms with Crippen molar-refractivity contribution < 1.29 is 13.2 Å². The molecule has 138 valence electrons. The Morgan fingerprint density at radius 1 is 0.923 bits per heavy atom. The minimum atomic E-state index is -4.29. The maximum absolute atomic E-state index is 12.7. The van der Waals surface area contributed by atoms with Gasteiger partial charge in [0.25, 0.3) is 0 Å². The molecule has 0 unspecified atom stereocenters. The van der Waals surface area contributed by atoms with Gasteiger partial charge in [-0.05, 0) is 53.4 Å². The van der Waals surface area contributed by atoms with Gasteiger partial charge in [0, 0.05) is 49.9 Å². The minimum Gasteiger partial charge on any atom is -0.369 e. The second kappa shape index (κ2) is 7.13. The van der Waals surface area contributed by atoms with E-state index in [2.05, 4.69) is 32.7 Å². The van der Waals surface area contributed by atoms with Crippen molar-refractivity contribution in [2.45, 2.75) is 24.2 Å². The number of benzene rings is 2. The molecule has 0 amide bonds. The molecule has 1 fully saturated rings. The average Bonchev–Trinajstić information content (AvgIpc) is 3.04. The Labute approximate surface area is 155 Å². The lowest BCUT2D eigenvalue weighted by atomic mass is 10.1. The maximum Gasteiger partial charge on any atom is 0.416 e. The highest BCUT2D eigenvalue weighted by molar-refractivity contribution is 7.97. The monoisotopic (exact) mass is 379 g/mol. The highest BCUT2D eigenvalue weighted by Crippen LogP contribution is 2.38. The van der Waals surface area contributed by atoms with Crippen LogP contribution in [0.2, 0.25) is 0 Å². The summed E-state index contributed by atoms with van der Waals surface area (Å²) in [5.41, 5.74) is 3.33. The SMILES string of the molecule is FC(F)(F)c1ccc(SN2Cc3cccc(N4CCNCC4)c3C2)cc1. The van der Waals surface area contributed by atoms with Crippen LogP contribution in [-0.2, 0) is 19.3 Å². The zero-order valence-electron chi connectivity index (χ0n) is 14.2. The Bertz CT molecular complexity index is 771. The predicted octanol–water partition coefficient (Wildman–Crippen LogP) is 4.14. The van der Waals surface area contributed by atoms with Crippen LogP contribution in [0.5, 0.6) is 0 Å². The number of rotatable bonds is 3. The molecular weight excluding hydrogens is 359 g/mol. The van der Waals surface area contributed by atoms with Crippen molar-refractivity contribution in [3.63, 3.8) is 0 Å². The molecule has 0 atom stereocenters. The minimum absolute atomic E-state index is 0.604. The molecule has 0 spiro atoms.